The monoisotopic (exact) mass is 289 g/mol. The minimum Gasteiger partial charge on any atom is -0.489 e. The van der Waals surface area contributed by atoms with Gasteiger partial charge in [-0.1, -0.05) is 29.8 Å². The van der Waals surface area contributed by atoms with Crippen LogP contribution in [0.15, 0.2) is 42.5 Å². The molecule has 3 heteroatoms. The second kappa shape index (κ2) is 6.67. The molecule has 2 aromatic rings. The molecule has 0 unspecified atom stereocenters. The molecule has 0 fully saturated rings. The van der Waals surface area contributed by atoms with Crippen molar-refractivity contribution >= 4 is 17.3 Å². The van der Waals surface area contributed by atoms with E-state index in [0.717, 1.165) is 28.6 Å². The Morgan fingerprint density at radius 1 is 1.15 bits per heavy atom. The number of rotatable bonds is 5. The molecule has 2 aromatic carbocycles. The van der Waals surface area contributed by atoms with E-state index in [2.05, 4.69) is 18.3 Å². The summed E-state index contributed by atoms with van der Waals surface area (Å²) < 4.78 is 5.88. The molecule has 0 bridgehead atoms. The predicted molar refractivity (Wildman–Crippen MR) is 85.9 cm³/mol. The van der Waals surface area contributed by atoms with E-state index in [0.29, 0.717) is 0 Å². The Kier molecular flexibility index (Phi) is 4.91. The number of hydrogen-bond donors (Lipinski definition) is 1. The van der Waals surface area contributed by atoms with Crippen molar-refractivity contribution in [3.05, 3.63) is 58.6 Å². The van der Waals surface area contributed by atoms with E-state index in [1.54, 1.807) is 0 Å². The molecule has 0 amide bonds. The Hall–Kier alpha value is -1.67. The van der Waals surface area contributed by atoms with Crippen LogP contribution in [-0.2, 0) is 0 Å². The highest BCUT2D eigenvalue weighted by Gasteiger charge is 2.05. The highest BCUT2D eigenvalue weighted by molar-refractivity contribution is 6.31. The molecule has 20 heavy (non-hydrogen) atoms. The summed E-state index contributed by atoms with van der Waals surface area (Å²) in [6.45, 7) is 6.83. The van der Waals surface area contributed by atoms with Crippen molar-refractivity contribution in [3.8, 4) is 5.75 Å². The molecule has 0 spiro atoms. The first kappa shape index (κ1) is 14.7. The van der Waals surface area contributed by atoms with Crippen molar-refractivity contribution in [1.82, 2.24) is 0 Å². The van der Waals surface area contributed by atoms with Crippen LogP contribution >= 0.6 is 11.6 Å². The number of halogens is 1. The highest BCUT2D eigenvalue weighted by atomic mass is 35.5. The molecular formula is C17H20ClNO. The van der Waals surface area contributed by atoms with E-state index >= 15 is 0 Å². The first-order valence-electron chi connectivity index (χ1n) is 6.78. The van der Waals surface area contributed by atoms with Crippen molar-refractivity contribution in [1.29, 1.82) is 0 Å². The van der Waals surface area contributed by atoms with Crippen LogP contribution in [0.2, 0.25) is 5.02 Å². The summed E-state index contributed by atoms with van der Waals surface area (Å²) in [5.74, 6) is 0.904. The summed E-state index contributed by atoms with van der Waals surface area (Å²) in [6, 6.07) is 14.1. The molecule has 1 N–H and O–H groups in total. The van der Waals surface area contributed by atoms with Gasteiger partial charge in [-0.3, -0.25) is 0 Å². The van der Waals surface area contributed by atoms with Gasteiger partial charge >= 0.3 is 0 Å². The van der Waals surface area contributed by atoms with Gasteiger partial charge in [0.25, 0.3) is 0 Å². The van der Waals surface area contributed by atoms with Gasteiger partial charge in [0, 0.05) is 10.7 Å². The largest absolute Gasteiger partial charge is 0.489 e. The smallest absolute Gasteiger partial charge is 0.120 e. The van der Waals surface area contributed by atoms with Crippen LogP contribution < -0.4 is 10.1 Å². The van der Waals surface area contributed by atoms with Gasteiger partial charge in [-0.2, -0.15) is 0 Å². The molecule has 0 aliphatic rings. The van der Waals surface area contributed by atoms with Gasteiger partial charge < -0.3 is 10.1 Å². The zero-order valence-electron chi connectivity index (χ0n) is 12.1. The SMILES string of the molecule is Cc1cccc(O[C@H](C)CNc2ccc(C)c(Cl)c2)c1. The van der Waals surface area contributed by atoms with Crippen LogP contribution in [0.25, 0.3) is 0 Å². The van der Waals surface area contributed by atoms with Gasteiger partial charge in [0.05, 0.1) is 6.54 Å². The zero-order chi connectivity index (χ0) is 14.5. The predicted octanol–water partition coefficient (Wildman–Crippen LogP) is 4.84. The summed E-state index contributed by atoms with van der Waals surface area (Å²) in [5, 5.41) is 4.12. The standard InChI is InChI=1S/C17H20ClNO/c1-12-5-4-6-16(9-12)20-14(3)11-19-15-8-7-13(2)17(18)10-15/h4-10,14,19H,11H2,1-3H3/t14-/m1/s1. The third kappa shape index (κ3) is 4.17. The minimum atomic E-state index is 0.0804. The lowest BCUT2D eigenvalue weighted by Crippen LogP contribution is -2.22. The van der Waals surface area contributed by atoms with E-state index in [-0.39, 0.29) is 6.10 Å². The molecule has 1 atom stereocenters. The fraction of sp³-hybridized carbons (Fsp3) is 0.294. The number of nitrogens with one attached hydrogen (secondary N) is 1. The molecule has 0 saturated carbocycles. The lowest BCUT2D eigenvalue weighted by atomic mass is 10.2. The van der Waals surface area contributed by atoms with Crippen molar-refractivity contribution in [2.45, 2.75) is 26.9 Å². The molecule has 0 radical (unpaired) electrons. The normalized spacial score (nSPS) is 12.0. The number of aryl methyl sites for hydroxylation is 2. The highest BCUT2D eigenvalue weighted by Crippen LogP contribution is 2.20. The summed E-state index contributed by atoms with van der Waals surface area (Å²) in [4.78, 5) is 0. The van der Waals surface area contributed by atoms with Gasteiger partial charge in [-0.15, -0.1) is 0 Å². The molecule has 2 nitrogen and oxygen atoms in total. The van der Waals surface area contributed by atoms with Gasteiger partial charge in [0.1, 0.15) is 11.9 Å². The Balaban J connectivity index is 1.88. The molecule has 0 heterocycles. The summed E-state index contributed by atoms with van der Waals surface area (Å²) in [5.41, 5.74) is 3.30. The van der Waals surface area contributed by atoms with E-state index in [9.17, 15) is 0 Å². The fourth-order valence-corrected chi connectivity index (χ4v) is 2.11. The number of benzene rings is 2. The van der Waals surface area contributed by atoms with Crippen LogP contribution in [0.1, 0.15) is 18.1 Å². The lowest BCUT2D eigenvalue weighted by Gasteiger charge is -2.16. The Morgan fingerprint density at radius 2 is 1.95 bits per heavy atom. The van der Waals surface area contributed by atoms with Crippen LogP contribution in [0.5, 0.6) is 5.75 Å². The third-order valence-corrected chi connectivity index (χ3v) is 3.50. The average molecular weight is 290 g/mol. The van der Waals surface area contributed by atoms with E-state index in [1.165, 1.54) is 5.56 Å². The van der Waals surface area contributed by atoms with Crippen LogP contribution in [-0.4, -0.2) is 12.6 Å². The topological polar surface area (TPSA) is 21.3 Å². The number of hydrogen-bond acceptors (Lipinski definition) is 2. The maximum absolute atomic E-state index is 6.11. The van der Waals surface area contributed by atoms with E-state index in [4.69, 9.17) is 16.3 Å². The molecular weight excluding hydrogens is 270 g/mol. The summed E-state index contributed by atoms with van der Waals surface area (Å²) >= 11 is 6.11. The van der Waals surface area contributed by atoms with Crippen molar-refractivity contribution < 1.29 is 4.74 Å². The average Bonchev–Trinajstić information content (AvgIpc) is 2.40. The maximum atomic E-state index is 6.11. The molecule has 106 valence electrons. The van der Waals surface area contributed by atoms with Gasteiger partial charge in [0.2, 0.25) is 0 Å². The van der Waals surface area contributed by atoms with Crippen molar-refractivity contribution in [3.63, 3.8) is 0 Å². The Labute approximate surface area is 125 Å². The van der Waals surface area contributed by atoms with Gasteiger partial charge in [0.15, 0.2) is 0 Å². The minimum absolute atomic E-state index is 0.0804. The quantitative estimate of drug-likeness (QED) is 0.851. The van der Waals surface area contributed by atoms with E-state index < -0.39 is 0 Å². The van der Waals surface area contributed by atoms with Gasteiger partial charge in [-0.25, -0.2) is 0 Å². The summed E-state index contributed by atoms with van der Waals surface area (Å²) in [6.07, 6.45) is 0.0804. The third-order valence-electron chi connectivity index (χ3n) is 3.09. The maximum Gasteiger partial charge on any atom is 0.120 e. The van der Waals surface area contributed by atoms with E-state index in [1.807, 2.05) is 50.2 Å². The molecule has 2 rings (SSSR count). The van der Waals surface area contributed by atoms with Crippen molar-refractivity contribution in [2.24, 2.45) is 0 Å². The zero-order valence-corrected chi connectivity index (χ0v) is 12.9. The molecule has 0 aromatic heterocycles. The van der Waals surface area contributed by atoms with Crippen LogP contribution in [0.3, 0.4) is 0 Å². The van der Waals surface area contributed by atoms with Crippen LogP contribution in [0, 0.1) is 13.8 Å². The van der Waals surface area contributed by atoms with Crippen molar-refractivity contribution in [2.75, 3.05) is 11.9 Å². The molecule has 0 aliphatic carbocycles. The van der Waals surface area contributed by atoms with Gasteiger partial charge in [-0.05, 0) is 56.2 Å². The lowest BCUT2D eigenvalue weighted by molar-refractivity contribution is 0.234. The van der Waals surface area contributed by atoms with Crippen LogP contribution in [0.4, 0.5) is 5.69 Å². The second-order valence-corrected chi connectivity index (χ2v) is 5.50. The molecule has 0 saturated heterocycles. The second-order valence-electron chi connectivity index (χ2n) is 5.09. The summed E-state index contributed by atoms with van der Waals surface area (Å²) in [7, 11) is 0. The number of ether oxygens (including phenoxy) is 1. The first-order valence-corrected chi connectivity index (χ1v) is 7.16. The Morgan fingerprint density at radius 3 is 2.65 bits per heavy atom. The molecule has 0 aliphatic heterocycles. The first-order chi connectivity index (χ1) is 9.54. The fourth-order valence-electron chi connectivity index (χ4n) is 1.93. The Bertz CT molecular complexity index is 583. The number of anilines is 1.